The first-order chi connectivity index (χ1) is 6.70. The average molecular weight is 217 g/mol. The topological polar surface area (TPSA) is 3.24 Å². The van der Waals surface area contributed by atoms with E-state index in [1.165, 1.54) is 45.3 Å². The molecule has 0 heterocycles. The Balaban J connectivity index is 3.33. The van der Waals surface area contributed by atoms with Crippen molar-refractivity contribution in [2.45, 2.75) is 46.5 Å². The molecule has 0 saturated carbocycles. The van der Waals surface area contributed by atoms with E-state index in [4.69, 9.17) is 0 Å². The molecule has 0 saturated heterocycles. The molecular weight excluding hydrogens is 190 g/mol. The zero-order chi connectivity index (χ0) is 10.8. The first-order valence-corrected chi connectivity index (χ1v) is 6.67. The Morgan fingerprint density at radius 1 is 1.07 bits per heavy atom. The van der Waals surface area contributed by atoms with E-state index in [0.717, 1.165) is 11.7 Å². The molecular formula is C12H27NS. The molecule has 0 aliphatic heterocycles. The molecule has 86 valence electrons. The molecule has 1 nitrogen and oxygen atoms in total. The van der Waals surface area contributed by atoms with E-state index in [1.54, 1.807) is 0 Å². The zero-order valence-corrected chi connectivity index (χ0v) is 11.0. The lowest BCUT2D eigenvalue weighted by molar-refractivity contribution is 0.251. The highest BCUT2D eigenvalue weighted by atomic mass is 32.1. The van der Waals surface area contributed by atoms with Crippen LogP contribution in [-0.4, -0.2) is 30.3 Å². The Morgan fingerprint density at radius 2 is 1.71 bits per heavy atom. The summed E-state index contributed by atoms with van der Waals surface area (Å²) >= 11 is 4.22. The summed E-state index contributed by atoms with van der Waals surface area (Å²) in [5, 5.41) is 0. The fraction of sp³-hybridized carbons (Fsp3) is 1.00. The second-order valence-electron chi connectivity index (χ2n) is 4.42. The molecule has 0 aliphatic carbocycles. The lowest BCUT2D eigenvalue weighted by Gasteiger charge is -2.22. The minimum absolute atomic E-state index is 0.799. The van der Waals surface area contributed by atoms with E-state index in [2.05, 4.69) is 38.3 Å². The van der Waals surface area contributed by atoms with Crippen LogP contribution >= 0.6 is 12.6 Å². The first-order valence-electron chi connectivity index (χ1n) is 6.03. The summed E-state index contributed by atoms with van der Waals surface area (Å²) in [6.07, 6.45) is 5.35. The quantitative estimate of drug-likeness (QED) is 0.457. The maximum Gasteiger partial charge on any atom is 0.000427 e. The zero-order valence-electron chi connectivity index (χ0n) is 10.1. The molecule has 0 fully saturated rings. The molecule has 0 unspecified atom stereocenters. The minimum atomic E-state index is 0.799. The maximum absolute atomic E-state index is 4.22. The second kappa shape index (κ2) is 9.85. The monoisotopic (exact) mass is 217 g/mol. The molecule has 0 aromatic carbocycles. The third kappa shape index (κ3) is 8.89. The van der Waals surface area contributed by atoms with Gasteiger partial charge in [0.2, 0.25) is 0 Å². The normalized spacial score (nSPS) is 11.6. The smallest absolute Gasteiger partial charge is 0.000427 e. The van der Waals surface area contributed by atoms with Crippen molar-refractivity contribution in [1.29, 1.82) is 0 Å². The van der Waals surface area contributed by atoms with Crippen molar-refractivity contribution in [3.05, 3.63) is 0 Å². The third-order valence-electron chi connectivity index (χ3n) is 2.45. The molecule has 0 radical (unpaired) electrons. The highest BCUT2D eigenvalue weighted by Crippen LogP contribution is 2.04. The van der Waals surface area contributed by atoms with Crippen molar-refractivity contribution in [1.82, 2.24) is 4.90 Å². The Kier molecular flexibility index (Phi) is 10.1. The van der Waals surface area contributed by atoms with Gasteiger partial charge in [-0.25, -0.2) is 0 Å². The fourth-order valence-electron chi connectivity index (χ4n) is 1.70. The Labute approximate surface area is 95.7 Å². The van der Waals surface area contributed by atoms with Crippen LogP contribution in [0.1, 0.15) is 46.5 Å². The van der Waals surface area contributed by atoms with Crippen LogP contribution in [0.5, 0.6) is 0 Å². The SMILES string of the molecule is CCN(CCCCCCS)CC(C)C. The van der Waals surface area contributed by atoms with Crippen LogP contribution in [0.4, 0.5) is 0 Å². The predicted octanol–water partition coefficient (Wildman–Crippen LogP) is 3.45. The van der Waals surface area contributed by atoms with Gasteiger partial charge in [0.25, 0.3) is 0 Å². The second-order valence-corrected chi connectivity index (χ2v) is 4.87. The molecule has 0 amide bonds. The van der Waals surface area contributed by atoms with Crippen LogP contribution in [0.25, 0.3) is 0 Å². The van der Waals surface area contributed by atoms with Gasteiger partial charge in [0, 0.05) is 6.54 Å². The lowest BCUT2D eigenvalue weighted by Crippen LogP contribution is -2.28. The predicted molar refractivity (Wildman–Crippen MR) is 69.3 cm³/mol. The van der Waals surface area contributed by atoms with Gasteiger partial charge in [0.05, 0.1) is 0 Å². The van der Waals surface area contributed by atoms with Crippen LogP contribution in [0.15, 0.2) is 0 Å². The summed E-state index contributed by atoms with van der Waals surface area (Å²) in [4.78, 5) is 2.56. The van der Waals surface area contributed by atoms with Crippen LogP contribution in [0.3, 0.4) is 0 Å². The lowest BCUT2D eigenvalue weighted by atomic mass is 10.1. The van der Waals surface area contributed by atoms with E-state index < -0.39 is 0 Å². The van der Waals surface area contributed by atoms with Crippen LogP contribution in [0.2, 0.25) is 0 Å². The van der Waals surface area contributed by atoms with E-state index in [1.807, 2.05) is 0 Å². The fourth-order valence-corrected chi connectivity index (χ4v) is 1.92. The van der Waals surface area contributed by atoms with Gasteiger partial charge in [0.1, 0.15) is 0 Å². The average Bonchev–Trinajstić information content (AvgIpc) is 2.15. The van der Waals surface area contributed by atoms with Crippen molar-refractivity contribution in [2.75, 3.05) is 25.4 Å². The maximum atomic E-state index is 4.22. The van der Waals surface area contributed by atoms with Gasteiger partial charge in [-0.1, -0.05) is 33.6 Å². The number of hydrogen-bond acceptors (Lipinski definition) is 2. The largest absolute Gasteiger partial charge is 0.303 e. The standard InChI is InChI=1S/C12H27NS/c1-4-13(11-12(2)3)9-7-5-6-8-10-14/h12,14H,4-11H2,1-3H3. The van der Waals surface area contributed by atoms with E-state index in [0.29, 0.717) is 0 Å². The van der Waals surface area contributed by atoms with Crippen LogP contribution in [0, 0.1) is 5.92 Å². The molecule has 0 N–H and O–H groups in total. The summed E-state index contributed by atoms with van der Waals surface area (Å²) in [5.41, 5.74) is 0. The molecule has 0 spiro atoms. The van der Waals surface area contributed by atoms with Gasteiger partial charge >= 0.3 is 0 Å². The molecule has 0 atom stereocenters. The molecule has 14 heavy (non-hydrogen) atoms. The van der Waals surface area contributed by atoms with E-state index in [9.17, 15) is 0 Å². The Hall–Kier alpha value is 0.310. The highest BCUT2D eigenvalue weighted by molar-refractivity contribution is 7.80. The van der Waals surface area contributed by atoms with Crippen molar-refractivity contribution in [3.63, 3.8) is 0 Å². The van der Waals surface area contributed by atoms with E-state index in [-0.39, 0.29) is 0 Å². The van der Waals surface area contributed by atoms with Gasteiger partial charge in [-0.3, -0.25) is 0 Å². The van der Waals surface area contributed by atoms with Gasteiger partial charge in [0.15, 0.2) is 0 Å². The molecule has 0 aromatic heterocycles. The summed E-state index contributed by atoms with van der Waals surface area (Å²) in [5.74, 6) is 1.84. The van der Waals surface area contributed by atoms with Gasteiger partial charge in [-0.15, -0.1) is 0 Å². The highest BCUT2D eigenvalue weighted by Gasteiger charge is 2.03. The van der Waals surface area contributed by atoms with Crippen molar-refractivity contribution in [3.8, 4) is 0 Å². The Morgan fingerprint density at radius 3 is 2.21 bits per heavy atom. The van der Waals surface area contributed by atoms with Crippen LogP contribution in [-0.2, 0) is 0 Å². The number of hydrogen-bond donors (Lipinski definition) is 1. The summed E-state index contributed by atoms with van der Waals surface area (Å²) in [6.45, 7) is 10.6. The van der Waals surface area contributed by atoms with Gasteiger partial charge in [-0.2, -0.15) is 12.6 Å². The molecule has 0 rings (SSSR count). The van der Waals surface area contributed by atoms with Crippen molar-refractivity contribution in [2.24, 2.45) is 5.92 Å². The molecule has 0 aliphatic rings. The number of rotatable bonds is 9. The van der Waals surface area contributed by atoms with Gasteiger partial charge < -0.3 is 4.90 Å². The number of unbranched alkanes of at least 4 members (excludes halogenated alkanes) is 3. The molecule has 0 bridgehead atoms. The molecule has 0 aromatic rings. The summed E-state index contributed by atoms with van der Waals surface area (Å²) < 4.78 is 0. The van der Waals surface area contributed by atoms with Gasteiger partial charge in [-0.05, 0) is 37.6 Å². The van der Waals surface area contributed by atoms with E-state index >= 15 is 0 Å². The van der Waals surface area contributed by atoms with Crippen LogP contribution < -0.4 is 0 Å². The summed E-state index contributed by atoms with van der Waals surface area (Å²) in [6, 6.07) is 0. The van der Waals surface area contributed by atoms with Crippen molar-refractivity contribution < 1.29 is 0 Å². The summed E-state index contributed by atoms with van der Waals surface area (Å²) in [7, 11) is 0. The van der Waals surface area contributed by atoms with Crippen molar-refractivity contribution >= 4 is 12.6 Å². The third-order valence-corrected chi connectivity index (χ3v) is 2.77. The number of nitrogens with zero attached hydrogens (tertiary/aromatic N) is 1. The Bertz CT molecular complexity index is 115. The minimum Gasteiger partial charge on any atom is -0.303 e. The molecule has 2 heteroatoms. The number of thiol groups is 1. The first kappa shape index (κ1) is 14.3.